The second kappa shape index (κ2) is 7.55. The lowest BCUT2D eigenvalue weighted by Crippen LogP contribution is -2.36. The molecule has 4 rings (SSSR count). The lowest BCUT2D eigenvalue weighted by Gasteiger charge is -2.20. The lowest BCUT2D eigenvalue weighted by atomic mass is 9.89. The number of amides is 1. The summed E-state index contributed by atoms with van der Waals surface area (Å²) in [6, 6.07) is 6.43. The Labute approximate surface area is 159 Å². The zero-order valence-corrected chi connectivity index (χ0v) is 15.8. The summed E-state index contributed by atoms with van der Waals surface area (Å²) < 4.78 is 1.40. The first-order valence-corrected chi connectivity index (χ1v) is 9.85. The van der Waals surface area contributed by atoms with Crippen LogP contribution >= 0.6 is 0 Å². The van der Waals surface area contributed by atoms with Crippen LogP contribution in [0.2, 0.25) is 0 Å². The molecule has 1 amide bonds. The summed E-state index contributed by atoms with van der Waals surface area (Å²) in [6.07, 6.45) is 7.85. The number of carbonyl (C=O) groups excluding carboxylic acids is 1. The fraction of sp³-hybridized carbons (Fsp3) is 0.476. The van der Waals surface area contributed by atoms with Crippen LogP contribution in [-0.2, 0) is 30.6 Å². The number of hydrogen-bond donors (Lipinski definition) is 2. The van der Waals surface area contributed by atoms with Gasteiger partial charge in [-0.05, 0) is 62.1 Å². The quantitative estimate of drug-likeness (QED) is 0.871. The Balaban J connectivity index is 1.44. The van der Waals surface area contributed by atoms with E-state index in [1.54, 1.807) is 0 Å². The Hall–Kier alpha value is -2.63. The molecule has 0 bridgehead atoms. The lowest BCUT2D eigenvalue weighted by molar-refractivity contribution is -0.122. The summed E-state index contributed by atoms with van der Waals surface area (Å²) in [6.45, 7) is 2.82. The molecule has 1 aromatic heterocycles. The van der Waals surface area contributed by atoms with E-state index in [-0.39, 0.29) is 24.1 Å². The van der Waals surface area contributed by atoms with E-state index in [1.165, 1.54) is 34.9 Å². The van der Waals surface area contributed by atoms with E-state index in [1.807, 2.05) is 6.92 Å². The summed E-state index contributed by atoms with van der Waals surface area (Å²) in [5, 5.41) is 6.15. The average molecular weight is 366 g/mol. The summed E-state index contributed by atoms with van der Waals surface area (Å²) >= 11 is 0. The van der Waals surface area contributed by atoms with Gasteiger partial charge in [0.25, 0.3) is 5.56 Å². The van der Waals surface area contributed by atoms with Crippen LogP contribution in [0.25, 0.3) is 0 Å². The van der Waals surface area contributed by atoms with Gasteiger partial charge in [-0.25, -0.2) is 4.98 Å². The highest BCUT2D eigenvalue weighted by Crippen LogP contribution is 2.24. The van der Waals surface area contributed by atoms with Crippen molar-refractivity contribution in [3.63, 3.8) is 0 Å². The number of aromatic nitrogens is 2. The van der Waals surface area contributed by atoms with Gasteiger partial charge in [-0.1, -0.05) is 18.2 Å². The summed E-state index contributed by atoms with van der Waals surface area (Å²) in [7, 11) is 0. The van der Waals surface area contributed by atoms with Crippen molar-refractivity contribution in [1.29, 1.82) is 0 Å². The maximum Gasteiger partial charge on any atom is 0.259 e. The normalized spacial score (nSPS) is 16.6. The zero-order chi connectivity index (χ0) is 18.8. The molecule has 2 aromatic rings. The second-order valence-electron chi connectivity index (χ2n) is 7.56. The van der Waals surface area contributed by atoms with Crippen LogP contribution in [0.4, 0.5) is 5.82 Å². The predicted octanol–water partition coefficient (Wildman–Crippen LogP) is 2.36. The molecular formula is C21H26N4O2. The van der Waals surface area contributed by atoms with E-state index in [9.17, 15) is 9.59 Å². The van der Waals surface area contributed by atoms with Crippen LogP contribution in [0.5, 0.6) is 0 Å². The number of aryl methyl sites for hydroxylation is 2. The Morgan fingerprint density at radius 1 is 1.22 bits per heavy atom. The van der Waals surface area contributed by atoms with E-state index in [4.69, 9.17) is 0 Å². The third kappa shape index (κ3) is 3.75. The number of carbonyl (C=O) groups is 1. The Morgan fingerprint density at radius 2 is 2.04 bits per heavy atom. The van der Waals surface area contributed by atoms with E-state index in [0.717, 1.165) is 31.4 Å². The number of nitrogens with one attached hydrogen (secondary N) is 2. The first-order chi connectivity index (χ1) is 13.1. The van der Waals surface area contributed by atoms with E-state index >= 15 is 0 Å². The van der Waals surface area contributed by atoms with Crippen molar-refractivity contribution in [2.24, 2.45) is 0 Å². The van der Waals surface area contributed by atoms with E-state index in [0.29, 0.717) is 17.8 Å². The number of anilines is 1. The molecule has 2 aliphatic rings. The Kier molecular flexibility index (Phi) is 4.97. The minimum atomic E-state index is -0.173. The second-order valence-corrected chi connectivity index (χ2v) is 7.56. The van der Waals surface area contributed by atoms with E-state index in [2.05, 4.69) is 33.8 Å². The summed E-state index contributed by atoms with van der Waals surface area (Å²) in [5.41, 5.74) is 4.51. The molecule has 1 unspecified atom stereocenters. The molecule has 1 aliphatic carbocycles. The predicted molar refractivity (Wildman–Crippen MR) is 105 cm³/mol. The fourth-order valence-corrected chi connectivity index (χ4v) is 4.04. The van der Waals surface area contributed by atoms with Crippen LogP contribution in [-0.4, -0.2) is 22.0 Å². The SMILES string of the molecule is CC(NC(=O)Cn1cnc2c(c1=O)CCCN2)c1ccc2c(c1)CCCC2. The minimum Gasteiger partial charge on any atom is -0.370 e. The highest BCUT2D eigenvalue weighted by molar-refractivity contribution is 5.76. The molecule has 1 atom stereocenters. The summed E-state index contributed by atoms with van der Waals surface area (Å²) in [5.74, 6) is 0.484. The number of nitrogens with zero attached hydrogens (tertiary/aromatic N) is 2. The highest BCUT2D eigenvalue weighted by atomic mass is 16.2. The van der Waals surface area contributed by atoms with Gasteiger partial charge < -0.3 is 10.6 Å². The number of fused-ring (bicyclic) bond motifs is 2. The molecule has 0 fully saturated rings. The molecule has 2 heterocycles. The van der Waals surface area contributed by atoms with Gasteiger partial charge >= 0.3 is 0 Å². The molecule has 6 nitrogen and oxygen atoms in total. The average Bonchev–Trinajstić information content (AvgIpc) is 2.70. The largest absolute Gasteiger partial charge is 0.370 e. The number of rotatable bonds is 4. The van der Waals surface area contributed by atoms with Crippen molar-refractivity contribution >= 4 is 11.7 Å². The van der Waals surface area contributed by atoms with Gasteiger partial charge in [-0.2, -0.15) is 0 Å². The van der Waals surface area contributed by atoms with Crippen LogP contribution in [0, 0.1) is 0 Å². The fourth-order valence-electron chi connectivity index (χ4n) is 4.04. The zero-order valence-electron chi connectivity index (χ0n) is 15.8. The molecule has 2 N–H and O–H groups in total. The minimum absolute atomic E-state index is 0.00556. The molecule has 1 aromatic carbocycles. The van der Waals surface area contributed by atoms with Crippen molar-refractivity contribution < 1.29 is 4.79 Å². The van der Waals surface area contributed by atoms with Crippen LogP contribution in [0.15, 0.2) is 29.3 Å². The van der Waals surface area contributed by atoms with Crippen molar-refractivity contribution in [3.05, 3.63) is 57.1 Å². The standard InChI is InChI=1S/C21H26N4O2/c1-14(16-9-8-15-5-2-3-6-17(15)11-16)24-19(26)12-25-13-23-20-18(21(25)27)7-4-10-22-20/h8-9,11,13-14,22H,2-7,10,12H2,1H3,(H,24,26). The Morgan fingerprint density at radius 3 is 2.89 bits per heavy atom. The highest BCUT2D eigenvalue weighted by Gasteiger charge is 2.18. The number of hydrogen-bond acceptors (Lipinski definition) is 4. The maximum absolute atomic E-state index is 12.6. The molecule has 0 saturated heterocycles. The summed E-state index contributed by atoms with van der Waals surface area (Å²) in [4.78, 5) is 29.3. The van der Waals surface area contributed by atoms with Gasteiger partial charge in [0.15, 0.2) is 0 Å². The topological polar surface area (TPSA) is 76.0 Å². The van der Waals surface area contributed by atoms with Crippen molar-refractivity contribution in [1.82, 2.24) is 14.9 Å². The van der Waals surface area contributed by atoms with Crippen LogP contribution in [0.1, 0.15) is 54.5 Å². The molecule has 0 spiro atoms. The van der Waals surface area contributed by atoms with Gasteiger partial charge in [0.05, 0.1) is 11.6 Å². The third-order valence-corrected chi connectivity index (χ3v) is 5.59. The third-order valence-electron chi connectivity index (χ3n) is 5.59. The van der Waals surface area contributed by atoms with Crippen molar-refractivity contribution in [2.75, 3.05) is 11.9 Å². The van der Waals surface area contributed by atoms with Gasteiger partial charge in [0.2, 0.25) is 5.91 Å². The van der Waals surface area contributed by atoms with Gasteiger partial charge in [-0.15, -0.1) is 0 Å². The van der Waals surface area contributed by atoms with Crippen molar-refractivity contribution in [3.8, 4) is 0 Å². The van der Waals surface area contributed by atoms with Crippen LogP contribution in [0.3, 0.4) is 0 Å². The van der Waals surface area contributed by atoms with Crippen molar-refractivity contribution in [2.45, 2.75) is 58.0 Å². The number of benzene rings is 1. The van der Waals surface area contributed by atoms with Gasteiger partial charge in [0, 0.05) is 6.54 Å². The molecule has 1 aliphatic heterocycles. The van der Waals surface area contributed by atoms with Gasteiger partial charge in [0.1, 0.15) is 18.7 Å². The molecule has 0 saturated carbocycles. The molecular weight excluding hydrogens is 340 g/mol. The smallest absolute Gasteiger partial charge is 0.259 e. The first-order valence-electron chi connectivity index (χ1n) is 9.85. The molecule has 6 heteroatoms. The first kappa shape index (κ1) is 17.8. The van der Waals surface area contributed by atoms with Crippen LogP contribution < -0.4 is 16.2 Å². The maximum atomic E-state index is 12.6. The molecule has 27 heavy (non-hydrogen) atoms. The van der Waals surface area contributed by atoms with E-state index < -0.39 is 0 Å². The molecule has 142 valence electrons. The van der Waals surface area contributed by atoms with Gasteiger partial charge in [-0.3, -0.25) is 14.2 Å². The Bertz CT molecular complexity index is 919. The monoisotopic (exact) mass is 366 g/mol. The molecule has 0 radical (unpaired) electrons.